The molecule has 0 radical (unpaired) electrons. The zero-order valence-electron chi connectivity index (χ0n) is 33.9. The molecule has 0 aromatic rings. The van der Waals surface area contributed by atoms with Gasteiger partial charge in [0.15, 0.2) is 0 Å². The average Bonchev–Trinajstić information content (AvgIpc) is 3.44. The summed E-state index contributed by atoms with van der Waals surface area (Å²) >= 11 is 5.76. The van der Waals surface area contributed by atoms with Crippen LogP contribution in [0.15, 0.2) is 11.6 Å². The van der Waals surface area contributed by atoms with Crippen molar-refractivity contribution in [1.82, 2.24) is 0 Å². The van der Waals surface area contributed by atoms with E-state index in [1.807, 2.05) is 0 Å². The molecule has 0 saturated heterocycles. The summed E-state index contributed by atoms with van der Waals surface area (Å²) in [5.41, 5.74) is 2.52. The van der Waals surface area contributed by atoms with Gasteiger partial charge in [0.1, 0.15) is 0 Å². The van der Waals surface area contributed by atoms with Crippen LogP contribution >= 0.6 is 11.6 Å². The molecule has 0 heterocycles. The van der Waals surface area contributed by atoms with Gasteiger partial charge in [0.05, 0.1) is 5.92 Å². The third-order valence-corrected chi connectivity index (χ3v) is 15.9. The smallest absolute Gasteiger partial charge is 0.306 e. The first-order chi connectivity index (χ1) is 24.1. The van der Waals surface area contributed by atoms with Crippen molar-refractivity contribution >= 4 is 17.6 Å². The summed E-state index contributed by atoms with van der Waals surface area (Å²) in [6.45, 7) is 12.7. The maximum absolute atomic E-state index is 12.6. The van der Waals surface area contributed by atoms with Crippen LogP contribution in [0, 0.1) is 58.2 Å². The lowest BCUT2D eigenvalue weighted by molar-refractivity contribution is -0.144. The first kappa shape index (κ1) is 42.2. The number of rotatable bonds is 25. The molecule has 0 aliphatic heterocycles. The second-order valence-corrected chi connectivity index (χ2v) is 19.7. The molecule has 0 aromatic carbocycles. The number of unbranched alkanes of at least 4 members (excludes halogenated alkanes) is 15. The molecule has 0 bridgehead atoms. The lowest BCUT2D eigenvalue weighted by Crippen LogP contribution is -2.51. The van der Waals surface area contributed by atoms with Crippen LogP contribution in [0.4, 0.5) is 0 Å². The normalized spacial score (nSPS) is 31.9. The lowest BCUT2D eigenvalue weighted by atomic mass is 9.46. The maximum atomic E-state index is 12.6. The van der Waals surface area contributed by atoms with E-state index in [4.69, 9.17) is 11.6 Å². The third-order valence-electron chi connectivity index (χ3n) is 15.6. The zero-order valence-corrected chi connectivity index (χ0v) is 34.7. The molecule has 5 unspecified atom stereocenters. The molecule has 3 fully saturated rings. The maximum Gasteiger partial charge on any atom is 0.306 e. The van der Waals surface area contributed by atoms with E-state index >= 15 is 0 Å². The molecule has 3 heteroatoms. The summed E-state index contributed by atoms with van der Waals surface area (Å²) in [5, 5.41) is 10.4. The number of carboxylic acids is 1. The van der Waals surface area contributed by atoms with Crippen molar-refractivity contribution in [1.29, 1.82) is 0 Å². The molecule has 4 aliphatic carbocycles. The lowest BCUT2D eigenvalue weighted by Gasteiger charge is -2.59. The van der Waals surface area contributed by atoms with E-state index < -0.39 is 5.97 Å². The molecule has 50 heavy (non-hydrogen) atoms. The van der Waals surface area contributed by atoms with Gasteiger partial charge < -0.3 is 5.11 Å². The monoisotopic (exact) mass is 715 g/mol. The minimum absolute atomic E-state index is 0.147. The first-order valence-corrected chi connectivity index (χ1v) is 23.1. The molecule has 1 N–H and O–H groups in total. The van der Waals surface area contributed by atoms with E-state index in [0.29, 0.717) is 16.7 Å². The van der Waals surface area contributed by atoms with Crippen molar-refractivity contribution in [2.75, 3.05) is 5.88 Å². The van der Waals surface area contributed by atoms with Crippen LogP contribution in [-0.2, 0) is 4.79 Å². The van der Waals surface area contributed by atoms with E-state index in [2.05, 4.69) is 40.7 Å². The Morgan fingerprint density at radius 2 is 1.30 bits per heavy atom. The highest BCUT2D eigenvalue weighted by atomic mass is 35.5. The number of carboxylic acid groups (broad SMARTS) is 1. The van der Waals surface area contributed by atoms with E-state index in [1.165, 1.54) is 154 Å². The van der Waals surface area contributed by atoms with Crippen LogP contribution in [0.2, 0.25) is 0 Å². The van der Waals surface area contributed by atoms with Crippen molar-refractivity contribution in [3.05, 3.63) is 11.6 Å². The Kier molecular flexibility index (Phi) is 18.1. The predicted molar refractivity (Wildman–Crippen MR) is 217 cm³/mol. The molecular weight excluding hydrogens is 632 g/mol. The summed E-state index contributed by atoms with van der Waals surface area (Å²) in [7, 11) is 0. The number of fused-ring (bicyclic) bond motifs is 5. The SMILES string of the molecule is CC(C)CCC[C@@H](C)[C@H]1CCC2C3CC=C4CC(C(CCCCCCCCCCCCCCCCCCCl)C(=O)O)CC[C@]4(C)C3CC[C@@]21C. The van der Waals surface area contributed by atoms with Crippen LogP contribution in [-0.4, -0.2) is 17.0 Å². The van der Waals surface area contributed by atoms with Gasteiger partial charge >= 0.3 is 5.97 Å². The Hall–Kier alpha value is -0.500. The van der Waals surface area contributed by atoms with Gasteiger partial charge in [-0.2, -0.15) is 0 Å². The number of aliphatic carboxylic acids is 1. The second kappa shape index (κ2) is 21.4. The van der Waals surface area contributed by atoms with Gasteiger partial charge in [-0.1, -0.05) is 162 Å². The Labute approximate surface area is 316 Å². The fraction of sp³-hybridized carbons (Fsp3) is 0.936. The summed E-state index contributed by atoms with van der Waals surface area (Å²) in [4.78, 5) is 12.6. The van der Waals surface area contributed by atoms with Crippen molar-refractivity contribution in [3.8, 4) is 0 Å². The van der Waals surface area contributed by atoms with E-state index in [1.54, 1.807) is 5.57 Å². The van der Waals surface area contributed by atoms with Gasteiger partial charge in [-0.05, 0) is 116 Å². The van der Waals surface area contributed by atoms with Crippen molar-refractivity contribution in [2.24, 2.45) is 58.2 Å². The Morgan fingerprint density at radius 3 is 1.86 bits per heavy atom. The number of hydrogen-bond donors (Lipinski definition) is 1. The molecular formula is C47H83ClO2. The van der Waals surface area contributed by atoms with Crippen molar-refractivity contribution in [2.45, 2.75) is 214 Å². The molecule has 3 saturated carbocycles. The highest BCUT2D eigenvalue weighted by molar-refractivity contribution is 6.17. The van der Waals surface area contributed by atoms with Gasteiger partial charge in [0, 0.05) is 5.88 Å². The molecule has 9 atom stereocenters. The highest BCUT2D eigenvalue weighted by Gasteiger charge is 2.59. The summed E-state index contributed by atoms with van der Waals surface area (Å²) < 4.78 is 0. The number of carbonyl (C=O) groups is 1. The van der Waals surface area contributed by atoms with Gasteiger partial charge in [-0.15, -0.1) is 11.6 Å². The second-order valence-electron chi connectivity index (χ2n) is 19.4. The Balaban J connectivity index is 1.14. The van der Waals surface area contributed by atoms with E-state index in [-0.39, 0.29) is 5.92 Å². The van der Waals surface area contributed by atoms with E-state index in [9.17, 15) is 9.90 Å². The summed E-state index contributed by atoms with van der Waals surface area (Å²) in [6, 6.07) is 0. The fourth-order valence-electron chi connectivity index (χ4n) is 12.6. The molecule has 290 valence electrons. The molecule has 0 spiro atoms. The van der Waals surface area contributed by atoms with Crippen molar-refractivity contribution < 1.29 is 9.90 Å². The van der Waals surface area contributed by atoms with E-state index in [0.717, 1.165) is 67.1 Å². The minimum atomic E-state index is -0.521. The van der Waals surface area contributed by atoms with Gasteiger partial charge in [0.25, 0.3) is 0 Å². The summed E-state index contributed by atoms with van der Waals surface area (Å²) in [5.74, 6) is 5.68. The van der Waals surface area contributed by atoms with Gasteiger partial charge in [-0.3, -0.25) is 4.79 Å². The standard InChI is InChI=1S/C47H83ClO2/c1-36(2)23-22-24-37(3)42-28-29-43-41-27-26-39-35-38(30-32-46(39,4)44(41)31-33-47(42,43)5)40(45(49)50)25-20-18-16-14-12-10-8-6-7-9-11-13-15-17-19-21-34-48/h26,36-38,40-44H,6-25,27-35H2,1-5H3,(H,49,50)/t37-,38?,40?,41?,42-,43?,44?,46+,47-/m1/s1. The molecule has 2 nitrogen and oxygen atoms in total. The minimum Gasteiger partial charge on any atom is -0.481 e. The number of halogens is 1. The van der Waals surface area contributed by atoms with Crippen molar-refractivity contribution in [3.63, 3.8) is 0 Å². The van der Waals surface area contributed by atoms with Crippen LogP contribution < -0.4 is 0 Å². The Bertz CT molecular complexity index is 1000. The molecule has 4 rings (SSSR count). The first-order valence-electron chi connectivity index (χ1n) is 22.6. The molecule has 0 amide bonds. The summed E-state index contributed by atoms with van der Waals surface area (Å²) in [6.07, 6.45) is 39.5. The molecule has 0 aromatic heterocycles. The zero-order chi connectivity index (χ0) is 36.0. The largest absolute Gasteiger partial charge is 0.481 e. The average molecular weight is 716 g/mol. The van der Waals surface area contributed by atoms with Crippen LogP contribution in [0.1, 0.15) is 214 Å². The third kappa shape index (κ3) is 11.5. The predicted octanol–water partition coefficient (Wildman–Crippen LogP) is 15.2. The van der Waals surface area contributed by atoms with Crippen LogP contribution in [0.5, 0.6) is 0 Å². The molecule has 4 aliphatic rings. The van der Waals surface area contributed by atoms with Gasteiger partial charge in [-0.25, -0.2) is 0 Å². The number of allylic oxidation sites excluding steroid dienone is 2. The van der Waals surface area contributed by atoms with Crippen LogP contribution in [0.25, 0.3) is 0 Å². The van der Waals surface area contributed by atoms with Gasteiger partial charge in [0.2, 0.25) is 0 Å². The number of alkyl halides is 1. The fourth-order valence-corrected chi connectivity index (χ4v) is 12.7. The number of hydrogen-bond acceptors (Lipinski definition) is 1. The quantitative estimate of drug-likeness (QED) is 0.0580. The Morgan fingerprint density at radius 1 is 0.720 bits per heavy atom. The highest BCUT2D eigenvalue weighted by Crippen LogP contribution is 2.68. The van der Waals surface area contributed by atoms with Crippen LogP contribution in [0.3, 0.4) is 0 Å². The topological polar surface area (TPSA) is 37.3 Å².